The number of hydrogen-bond acceptors (Lipinski definition) is 4. The summed E-state index contributed by atoms with van der Waals surface area (Å²) in [5, 5.41) is 15.6. The van der Waals surface area contributed by atoms with Crippen LogP contribution in [0.25, 0.3) is 0 Å². The molecule has 0 atom stereocenters. The zero-order valence-corrected chi connectivity index (χ0v) is 10.6. The summed E-state index contributed by atoms with van der Waals surface area (Å²) in [5.74, 6) is -2.51. The second-order valence-corrected chi connectivity index (χ2v) is 3.82. The van der Waals surface area contributed by atoms with Gasteiger partial charge in [0.2, 0.25) is 0 Å². The number of hydrogen-bond donors (Lipinski definition) is 2. The van der Waals surface area contributed by atoms with Gasteiger partial charge in [-0.2, -0.15) is 0 Å². The fourth-order valence-corrected chi connectivity index (χ4v) is 1.27. The van der Waals surface area contributed by atoms with E-state index < -0.39 is 11.9 Å². The van der Waals surface area contributed by atoms with E-state index in [9.17, 15) is 9.59 Å². The molecule has 1 heterocycles. The van der Waals surface area contributed by atoms with Crippen molar-refractivity contribution in [3.8, 4) is 0 Å². The van der Waals surface area contributed by atoms with Crippen molar-refractivity contribution >= 4 is 11.9 Å². The Morgan fingerprint density at radius 1 is 1.39 bits per heavy atom. The van der Waals surface area contributed by atoms with Gasteiger partial charge < -0.3 is 19.8 Å². The van der Waals surface area contributed by atoms with Crippen LogP contribution in [0.3, 0.4) is 0 Å². The van der Waals surface area contributed by atoms with Crippen molar-refractivity contribution in [1.29, 1.82) is 0 Å². The van der Waals surface area contributed by atoms with Crippen LogP contribution in [0.4, 0.5) is 0 Å². The van der Waals surface area contributed by atoms with E-state index in [0.717, 1.165) is 13.2 Å². The van der Waals surface area contributed by atoms with Crippen molar-refractivity contribution in [2.45, 2.75) is 6.42 Å². The third-order valence-electron chi connectivity index (χ3n) is 2.20. The molecular weight excluding hydrogens is 238 g/mol. The molecule has 2 N–H and O–H groups in total. The predicted octanol–water partition coefficient (Wildman–Crippen LogP) is 0.607. The molecule has 0 saturated heterocycles. The van der Waals surface area contributed by atoms with Crippen LogP contribution in [0.5, 0.6) is 0 Å². The topological polar surface area (TPSA) is 87.1 Å². The van der Waals surface area contributed by atoms with Crippen molar-refractivity contribution < 1.29 is 24.5 Å². The van der Waals surface area contributed by atoms with E-state index in [0.29, 0.717) is 12.2 Å². The van der Waals surface area contributed by atoms with Gasteiger partial charge in [-0.05, 0) is 19.0 Å². The molecule has 0 bridgehead atoms. The second kappa shape index (κ2) is 9.38. The van der Waals surface area contributed by atoms with Gasteiger partial charge in [0.1, 0.15) is 0 Å². The molecule has 6 heteroatoms. The zero-order valence-electron chi connectivity index (χ0n) is 10.6. The monoisotopic (exact) mass is 257 g/mol. The second-order valence-electron chi connectivity index (χ2n) is 3.82. The summed E-state index contributed by atoms with van der Waals surface area (Å²) in [6, 6.07) is 0. The number of aliphatic carboxylic acids is 2. The van der Waals surface area contributed by atoms with Gasteiger partial charge in [-0.25, -0.2) is 9.59 Å². The molecule has 0 radical (unpaired) electrons. The lowest BCUT2D eigenvalue weighted by molar-refractivity contribution is -0.134. The van der Waals surface area contributed by atoms with Crippen molar-refractivity contribution in [2.75, 3.05) is 33.9 Å². The molecule has 6 nitrogen and oxygen atoms in total. The van der Waals surface area contributed by atoms with E-state index in [4.69, 9.17) is 14.9 Å². The number of ether oxygens (including phenoxy) is 1. The summed E-state index contributed by atoms with van der Waals surface area (Å²) >= 11 is 0. The molecule has 0 saturated carbocycles. The fraction of sp³-hybridized carbons (Fsp3) is 0.500. The summed E-state index contributed by atoms with van der Waals surface area (Å²) in [5.41, 5.74) is 1.45. The van der Waals surface area contributed by atoms with E-state index in [-0.39, 0.29) is 0 Å². The fourth-order valence-electron chi connectivity index (χ4n) is 1.27. The van der Waals surface area contributed by atoms with Crippen LogP contribution < -0.4 is 0 Å². The van der Waals surface area contributed by atoms with Gasteiger partial charge in [0, 0.05) is 32.4 Å². The molecule has 0 aromatic heterocycles. The van der Waals surface area contributed by atoms with Crippen molar-refractivity contribution in [3.63, 3.8) is 0 Å². The van der Waals surface area contributed by atoms with Gasteiger partial charge in [-0.15, -0.1) is 0 Å². The summed E-state index contributed by atoms with van der Waals surface area (Å²) < 4.78 is 5.03. The Morgan fingerprint density at radius 3 is 2.28 bits per heavy atom. The highest BCUT2D eigenvalue weighted by Gasteiger charge is 2.05. The van der Waals surface area contributed by atoms with Crippen LogP contribution in [0.15, 0.2) is 23.8 Å². The van der Waals surface area contributed by atoms with Crippen molar-refractivity contribution in [2.24, 2.45) is 0 Å². The highest BCUT2D eigenvalue weighted by Crippen LogP contribution is 2.08. The van der Waals surface area contributed by atoms with Gasteiger partial charge in [0.15, 0.2) is 0 Å². The Balaban J connectivity index is 0.000000331. The highest BCUT2D eigenvalue weighted by molar-refractivity contribution is 5.89. The van der Waals surface area contributed by atoms with E-state index in [1.54, 1.807) is 7.11 Å². The minimum absolute atomic E-state index is 0.558. The quantitative estimate of drug-likeness (QED) is 0.566. The van der Waals surface area contributed by atoms with Gasteiger partial charge in [0.25, 0.3) is 0 Å². The number of carboxylic acids is 2. The van der Waals surface area contributed by atoms with Crippen LogP contribution in [0, 0.1) is 0 Å². The minimum atomic E-state index is -1.26. The van der Waals surface area contributed by atoms with Crippen LogP contribution >= 0.6 is 0 Å². The zero-order chi connectivity index (χ0) is 14.0. The molecule has 18 heavy (non-hydrogen) atoms. The molecule has 0 aliphatic carbocycles. The standard InChI is InChI=1S/C8H15NO.C4H4O4/c1-9-5-3-8(4-6-9)7-10-2;5-3(6)1-2-4(7)8/h3H,4-7H2,1-2H3;1-2H,(H,5,6)(H,7,8)/b;2-1-. The van der Waals surface area contributed by atoms with Crippen molar-refractivity contribution in [3.05, 3.63) is 23.8 Å². The van der Waals surface area contributed by atoms with Crippen LogP contribution in [0.2, 0.25) is 0 Å². The molecule has 1 aliphatic heterocycles. The Hall–Kier alpha value is -1.66. The summed E-state index contributed by atoms with van der Waals surface area (Å²) in [6.07, 6.45) is 4.54. The molecule has 102 valence electrons. The molecule has 1 rings (SSSR count). The van der Waals surface area contributed by atoms with Crippen LogP contribution in [-0.2, 0) is 14.3 Å². The van der Waals surface area contributed by atoms with Gasteiger partial charge in [-0.1, -0.05) is 6.08 Å². The molecule has 0 aromatic carbocycles. The number of nitrogens with zero attached hydrogens (tertiary/aromatic N) is 1. The SMILES string of the molecule is COCC1=CCN(C)CC1.O=C(O)/C=C\C(=O)O. The lowest BCUT2D eigenvalue weighted by atomic mass is 10.1. The average Bonchev–Trinajstić information content (AvgIpc) is 2.31. The molecule has 1 aliphatic rings. The Labute approximate surface area is 106 Å². The van der Waals surface area contributed by atoms with E-state index in [1.807, 2.05) is 0 Å². The van der Waals surface area contributed by atoms with Crippen molar-refractivity contribution in [1.82, 2.24) is 4.90 Å². The third-order valence-corrected chi connectivity index (χ3v) is 2.20. The largest absolute Gasteiger partial charge is 0.478 e. The lowest BCUT2D eigenvalue weighted by Crippen LogP contribution is -2.25. The number of likely N-dealkylation sites (N-methyl/N-ethyl adjacent to an activating group) is 1. The van der Waals surface area contributed by atoms with Gasteiger partial charge >= 0.3 is 11.9 Å². The Kier molecular flexibility index (Phi) is 8.51. The van der Waals surface area contributed by atoms with Gasteiger partial charge in [-0.3, -0.25) is 0 Å². The van der Waals surface area contributed by atoms with Crippen LogP contribution in [-0.4, -0.2) is 60.9 Å². The van der Waals surface area contributed by atoms with Gasteiger partial charge in [0.05, 0.1) is 6.61 Å². The van der Waals surface area contributed by atoms with E-state index in [1.165, 1.54) is 18.5 Å². The average molecular weight is 257 g/mol. The first-order chi connectivity index (χ1) is 8.45. The Morgan fingerprint density at radius 2 is 1.94 bits per heavy atom. The maximum atomic E-state index is 9.55. The summed E-state index contributed by atoms with van der Waals surface area (Å²) in [6.45, 7) is 3.07. The lowest BCUT2D eigenvalue weighted by Gasteiger charge is -2.21. The first kappa shape index (κ1) is 16.3. The maximum absolute atomic E-state index is 9.55. The summed E-state index contributed by atoms with van der Waals surface area (Å²) in [4.78, 5) is 21.4. The number of carboxylic acid groups (broad SMARTS) is 2. The first-order valence-electron chi connectivity index (χ1n) is 5.45. The number of methoxy groups -OCH3 is 1. The number of rotatable bonds is 4. The van der Waals surface area contributed by atoms with Crippen LogP contribution in [0.1, 0.15) is 6.42 Å². The smallest absolute Gasteiger partial charge is 0.328 e. The molecular formula is C12H19NO5. The predicted molar refractivity (Wildman–Crippen MR) is 66.5 cm³/mol. The Bertz CT molecular complexity index is 319. The third kappa shape index (κ3) is 9.56. The van der Waals surface area contributed by atoms with E-state index in [2.05, 4.69) is 18.0 Å². The molecule has 0 unspecified atom stereocenters. The summed E-state index contributed by atoms with van der Waals surface area (Å²) in [7, 11) is 3.89. The normalized spacial score (nSPS) is 15.8. The maximum Gasteiger partial charge on any atom is 0.328 e. The molecule has 0 aromatic rings. The number of carbonyl (C=O) groups is 2. The molecule has 0 fully saturated rings. The molecule has 0 spiro atoms. The molecule has 0 amide bonds. The first-order valence-corrected chi connectivity index (χ1v) is 5.45. The van der Waals surface area contributed by atoms with E-state index >= 15 is 0 Å². The minimum Gasteiger partial charge on any atom is -0.478 e. The highest BCUT2D eigenvalue weighted by atomic mass is 16.5.